The van der Waals surface area contributed by atoms with Crippen LogP contribution in [0.1, 0.15) is 19.3 Å². The molecule has 3 rings (SSSR count). The van der Waals surface area contributed by atoms with Crippen molar-refractivity contribution < 1.29 is 4.79 Å². The Labute approximate surface area is 146 Å². The Hall–Kier alpha value is -0.910. The maximum absolute atomic E-state index is 12.1. The van der Waals surface area contributed by atoms with Gasteiger partial charge in [-0.2, -0.15) is 0 Å². The average Bonchev–Trinajstić information content (AvgIpc) is 3.21. The number of aliphatic imine (C=N–C) groups is 1. The Kier molecular flexibility index (Phi) is 6.01. The van der Waals surface area contributed by atoms with Gasteiger partial charge in [0.15, 0.2) is 5.17 Å². The number of carbonyl (C=O) groups is 1. The number of halogens is 2. The lowest BCUT2D eigenvalue weighted by molar-refractivity contribution is -0.116. The maximum Gasteiger partial charge on any atom is 0.226 e. The normalized spacial score (nSPS) is 22.5. The minimum Gasteiger partial charge on any atom is -0.350 e. The fourth-order valence-electron chi connectivity index (χ4n) is 2.18. The van der Waals surface area contributed by atoms with Crippen molar-refractivity contribution >= 4 is 52.5 Å². The zero-order chi connectivity index (χ0) is 14.8. The summed E-state index contributed by atoms with van der Waals surface area (Å²) in [6.45, 7) is 0. The smallest absolute Gasteiger partial charge is 0.226 e. The molecular formula is C15H19Cl2N3OS. The van der Waals surface area contributed by atoms with E-state index in [2.05, 4.69) is 15.2 Å². The van der Waals surface area contributed by atoms with Crippen LogP contribution in [0.5, 0.6) is 0 Å². The van der Waals surface area contributed by atoms with E-state index in [1.165, 1.54) is 12.8 Å². The van der Waals surface area contributed by atoms with Gasteiger partial charge in [0.2, 0.25) is 5.91 Å². The van der Waals surface area contributed by atoms with Gasteiger partial charge in [-0.25, -0.2) is 0 Å². The van der Waals surface area contributed by atoms with Crippen molar-refractivity contribution in [2.75, 3.05) is 18.1 Å². The summed E-state index contributed by atoms with van der Waals surface area (Å²) in [5, 5.41) is 4.66. The van der Waals surface area contributed by atoms with Gasteiger partial charge in [0, 0.05) is 36.0 Å². The molecule has 22 heavy (non-hydrogen) atoms. The van der Waals surface area contributed by atoms with Gasteiger partial charge in [0.25, 0.3) is 0 Å². The first-order valence-electron chi connectivity index (χ1n) is 7.10. The van der Waals surface area contributed by atoms with Crippen molar-refractivity contribution in [2.45, 2.75) is 31.3 Å². The predicted molar refractivity (Wildman–Crippen MR) is 96.4 cm³/mol. The largest absolute Gasteiger partial charge is 0.350 e. The summed E-state index contributed by atoms with van der Waals surface area (Å²) in [6, 6.07) is 7.92. The lowest BCUT2D eigenvalue weighted by Gasteiger charge is -2.20. The van der Waals surface area contributed by atoms with Crippen LogP contribution in [0.4, 0.5) is 5.69 Å². The highest BCUT2D eigenvalue weighted by molar-refractivity contribution is 8.14. The van der Waals surface area contributed by atoms with Crippen LogP contribution in [-0.4, -0.2) is 40.9 Å². The Morgan fingerprint density at radius 2 is 2.09 bits per heavy atom. The van der Waals surface area contributed by atoms with Gasteiger partial charge in [-0.15, -0.1) is 12.4 Å². The first kappa shape index (κ1) is 17.4. The van der Waals surface area contributed by atoms with Crippen molar-refractivity contribution in [3.8, 4) is 0 Å². The number of rotatable bonds is 4. The summed E-state index contributed by atoms with van der Waals surface area (Å²) in [4.78, 5) is 18.9. The van der Waals surface area contributed by atoms with Crippen molar-refractivity contribution in [3.63, 3.8) is 0 Å². The predicted octanol–water partition coefficient (Wildman–Crippen LogP) is 3.66. The van der Waals surface area contributed by atoms with Crippen LogP contribution in [0.2, 0.25) is 5.02 Å². The molecule has 1 saturated heterocycles. The molecule has 0 spiro atoms. The van der Waals surface area contributed by atoms with Gasteiger partial charge in [0.1, 0.15) is 0 Å². The molecule has 1 amide bonds. The molecule has 1 aliphatic heterocycles. The standard InChI is InChI=1S/C15H18ClN3OS.ClH/c1-19-13(9-21-15(19)18-12-6-7-12)8-14(20)17-11-4-2-10(16)3-5-11;/h2-5,12-13H,6-9H2,1H3,(H,17,20);1H. The molecule has 1 heterocycles. The molecule has 2 aliphatic rings. The van der Waals surface area contributed by atoms with Crippen molar-refractivity contribution in [1.29, 1.82) is 0 Å². The number of anilines is 1. The molecule has 2 fully saturated rings. The van der Waals surface area contributed by atoms with E-state index >= 15 is 0 Å². The summed E-state index contributed by atoms with van der Waals surface area (Å²) in [6.07, 6.45) is 2.90. The third-order valence-corrected chi connectivity index (χ3v) is 5.10. The molecule has 1 unspecified atom stereocenters. The van der Waals surface area contributed by atoms with E-state index in [9.17, 15) is 4.79 Å². The number of amides is 1. The molecule has 1 aliphatic carbocycles. The van der Waals surface area contributed by atoms with Crippen LogP contribution in [0.3, 0.4) is 0 Å². The van der Waals surface area contributed by atoms with E-state index in [-0.39, 0.29) is 24.4 Å². The third-order valence-electron chi connectivity index (χ3n) is 3.64. The molecule has 7 heteroatoms. The Morgan fingerprint density at radius 3 is 2.73 bits per heavy atom. The van der Waals surface area contributed by atoms with Crippen LogP contribution in [-0.2, 0) is 4.79 Å². The topological polar surface area (TPSA) is 44.7 Å². The van der Waals surface area contributed by atoms with Crippen molar-refractivity contribution in [1.82, 2.24) is 4.90 Å². The fraction of sp³-hybridized carbons (Fsp3) is 0.467. The van der Waals surface area contributed by atoms with Crippen LogP contribution < -0.4 is 5.32 Å². The Morgan fingerprint density at radius 1 is 1.41 bits per heavy atom. The minimum atomic E-state index is 0. The van der Waals surface area contributed by atoms with Gasteiger partial charge in [-0.05, 0) is 37.1 Å². The zero-order valence-electron chi connectivity index (χ0n) is 12.3. The quantitative estimate of drug-likeness (QED) is 0.891. The molecule has 1 N–H and O–H groups in total. The van der Waals surface area contributed by atoms with Crippen LogP contribution in [0.25, 0.3) is 0 Å². The number of benzene rings is 1. The van der Waals surface area contributed by atoms with E-state index in [1.807, 2.05) is 19.2 Å². The highest BCUT2D eigenvalue weighted by Gasteiger charge is 2.31. The minimum absolute atomic E-state index is 0. The molecule has 120 valence electrons. The second-order valence-electron chi connectivity index (χ2n) is 5.48. The van der Waals surface area contributed by atoms with Gasteiger partial charge in [-0.1, -0.05) is 23.4 Å². The second-order valence-corrected chi connectivity index (χ2v) is 6.90. The number of amidine groups is 1. The van der Waals surface area contributed by atoms with Gasteiger partial charge in [-0.3, -0.25) is 9.79 Å². The molecule has 0 radical (unpaired) electrons. The number of nitrogens with zero attached hydrogens (tertiary/aromatic N) is 2. The maximum atomic E-state index is 12.1. The highest BCUT2D eigenvalue weighted by Crippen LogP contribution is 2.30. The van der Waals surface area contributed by atoms with Gasteiger partial charge >= 0.3 is 0 Å². The van der Waals surface area contributed by atoms with Gasteiger partial charge in [0.05, 0.1) is 6.04 Å². The molecule has 1 aromatic rings. The molecule has 4 nitrogen and oxygen atoms in total. The lowest BCUT2D eigenvalue weighted by atomic mass is 10.2. The molecule has 0 bridgehead atoms. The number of thioether (sulfide) groups is 1. The number of carbonyl (C=O) groups excluding carboxylic acids is 1. The van der Waals surface area contributed by atoms with E-state index in [0.717, 1.165) is 16.6 Å². The van der Waals surface area contributed by atoms with Crippen molar-refractivity contribution in [2.24, 2.45) is 4.99 Å². The Balaban J connectivity index is 0.00000176. The number of hydrogen-bond acceptors (Lipinski definition) is 3. The molecular weight excluding hydrogens is 341 g/mol. The summed E-state index contributed by atoms with van der Waals surface area (Å²) in [5.74, 6) is 0.957. The summed E-state index contributed by atoms with van der Waals surface area (Å²) < 4.78 is 0. The molecule has 1 saturated carbocycles. The van der Waals surface area contributed by atoms with E-state index in [1.54, 1.807) is 23.9 Å². The first-order valence-corrected chi connectivity index (χ1v) is 8.47. The van der Waals surface area contributed by atoms with E-state index in [0.29, 0.717) is 17.5 Å². The Bertz CT molecular complexity index is 560. The second kappa shape index (κ2) is 7.57. The van der Waals surface area contributed by atoms with Crippen molar-refractivity contribution in [3.05, 3.63) is 29.3 Å². The van der Waals surface area contributed by atoms with Crippen LogP contribution >= 0.6 is 35.8 Å². The molecule has 1 atom stereocenters. The monoisotopic (exact) mass is 359 g/mol. The summed E-state index contributed by atoms with van der Waals surface area (Å²) >= 11 is 7.59. The first-order chi connectivity index (χ1) is 10.1. The number of hydrogen-bond donors (Lipinski definition) is 1. The van der Waals surface area contributed by atoms with E-state index in [4.69, 9.17) is 11.6 Å². The van der Waals surface area contributed by atoms with Crippen LogP contribution in [0.15, 0.2) is 29.3 Å². The SMILES string of the molecule is CN1C(=NC2CC2)SCC1CC(=O)Nc1ccc(Cl)cc1.Cl. The molecule has 0 aromatic heterocycles. The lowest BCUT2D eigenvalue weighted by Crippen LogP contribution is -2.33. The highest BCUT2D eigenvalue weighted by atomic mass is 35.5. The zero-order valence-corrected chi connectivity index (χ0v) is 14.7. The number of nitrogens with one attached hydrogen (secondary N) is 1. The average molecular weight is 360 g/mol. The van der Waals surface area contributed by atoms with Crippen LogP contribution in [0, 0.1) is 0 Å². The van der Waals surface area contributed by atoms with E-state index < -0.39 is 0 Å². The molecule has 1 aromatic carbocycles. The summed E-state index contributed by atoms with van der Waals surface area (Å²) in [7, 11) is 2.03. The summed E-state index contributed by atoms with van der Waals surface area (Å²) in [5.41, 5.74) is 0.782. The third kappa shape index (κ3) is 4.54. The fourth-order valence-corrected chi connectivity index (χ4v) is 3.57. The van der Waals surface area contributed by atoms with Gasteiger partial charge < -0.3 is 10.2 Å².